The predicted octanol–water partition coefficient (Wildman–Crippen LogP) is 6.88. The van der Waals surface area contributed by atoms with Gasteiger partial charge < -0.3 is 49.5 Å². The van der Waals surface area contributed by atoms with Crippen molar-refractivity contribution < 1.29 is 52.5 Å². The van der Waals surface area contributed by atoms with Crippen LogP contribution in [0.4, 0.5) is 15.3 Å². The van der Waals surface area contributed by atoms with E-state index in [0.717, 1.165) is 35.0 Å². The number of fused-ring (bicyclic) bond motifs is 5. The van der Waals surface area contributed by atoms with Crippen LogP contribution >= 0.6 is 0 Å². The third kappa shape index (κ3) is 11.9. The zero-order valence-electron chi connectivity index (χ0n) is 41.0. The smallest absolute Gasteiger partial charge is 0.457 e. The molecule has 3 aromatic carbocycles. The fraction of sp³-hybridized carbons (Fsp3) is 0.396. The highest BCUT2D eigenvalue weighted by Gasteiger charge is 2.51. The van der Waals surface area contributed by atoms with E-state index in [4.69, 9.17) is 28.7 Å². The van der Waals surface area contributed by atoms with Crippen LogP contribution in [-0.4, -0.2) is 76.8 Å². The Morgan fingerprint density at radius 2 is 1.61 bits per heavy atom. The summed E-state index contributed by atoms with van der Waals surface area (Å²) in [6.45, 7) is 10.5. The van der Waals surface area contributed by atoms with Gasteiger partial charge in [0.05, 0.1) is 29.0 Å². The molecule has 2 aliphatic heterocycles. The standard InChI is InChI=1S/C53H60N6O12/c1-8-36-37-26-35(69-51(66)70-52(4,5)6)22-23-41(37)57-45-38(36)28-59-44(45)27-40-39(48(59)63)30-67-49(64)53(40,9-2)71-50(65)68-29-33-18-20-34(21-19-33)56-46(61)42(17-13-14-24-54-7)58-47(62)43(55-31(3)60)25-32-15-11-10-12-16-32/h10-12,15-16,18-23,26-27,42-43,54H,8-9,13-14,17,24-25,28-30H2,1-7H3,(H,55,60)(H,56,61)(H,58,62)/t42?,43?,53-/m0/s1. The second-order valence-corrected chi connectivity index (χ2v) is 18.5. The highest BCUT2D eigenvalue weighted by atomic mass is 16.7. The summed E-state index contributed by atoms with van der Waals surface area (Å²) >= 11 is 0. The molecule has 2 unspecified atom stereocenters. The van der Waals surface area contributed by atoms with E-state index in [-0.39, 0.29) is 55.4 Å². The van der Waals surface area contributed by atoms with Crippen LogP contribution in [0.3, 0.4) is 0 Å². The molecule has 0 saturated heterocycles. The molecule has 374 valence electrons. The molecule has 0 fully saturated rings. The quantitative estimate of drug-likeness (QED) is 0.0298. The van der Waals surface area contributed by atoms with Crippen molar-refractivity contribution in [3.63, 3.8) is 0 Å². The van der Waals surface area contributed by atoms with Gasteiger partial charge in [0.1, 0.15) is 36.6 Å². The first-order valence-corrected chi connectivity index (χ1v) is 23.8. The van der Waals surface area contributed by atoms with Crippen LogP contribution < -0.4 is 31.6 Å². The third-order valence-corrected chi connectivity index (χ3v) is 12.3. The van der Waals surface area contributed by atoms with Gasteiger partial charge in [0, 0.05) is 35.5 Å². The van der Waals surface area contributed by atoms with Crippen molar-refractivity contribution in [2.45, 2.75) is 123 Å². The molecule has 0 radical (unpaired) electrons. The largest absolute Gasteiger partial charge is 0.514 e. The molecule has 0 bridgehead atoms. The minimum atomic E-state index is -2.02. The van der Waals surface area contributed by atoms with Gasteiger partial charge in [0.25, 0.3) is 5.56 Å². The number of amides is 3. The number of rotatable bonds is 18. The van der Waals surface area contributed by atoms with Crippen LogP contribution in [0, 0.1) is 0 Å². The Labute approximate surface area is 411 Å². The maximum Gasteiger partial charge on any atom is 0.514 e. The predicted molar refractivity (Wildman–Crippen MR) is 262 cm³/mol. The molecule has 7 rings (SSSR count). The first-order valence-electron chi connectivity index (χ1n) is 23.8. The van der Waals surface area contributed by atoms with E-state index >= 15 is 0 Å². The van der Waals surface area contributed by atoms with Gasteiger partial charge >= 0.3 is 18.3 Å². The number of esters is 1. The molecule has 5 aromatic rings. The fourth-order valence-corrected chi connectivity index (χ4v) is 8.86. The number of hydrogen-bond donors (Lipinski definition) is 4. The molecule has 2 aromatic heterocycles. The van der Waals surface area contributed by atoms with E-state index in [1.165, 1.54) is 6.92 Å². The highest BCUT2D eigenvalue weighted by Crippen LogP contribution is 2.42. The van der Waals surface area contributed by atoms with Crippen molar-refractivity contribution in [1.82, 2.24) is 25.5 Å². The van der Waals surface area contributed by atoms with Gasteiger partial charge in [-0.1, -0.05) is 56.3 Å². The summed E-state index contributed by atoms with van der Waals surface area (Å²) in [7, 11) is 1.83. The zero-order valence-corrected chi connectivity index (χ0v) is 41.0. The van der Waals surface area contributed by atoms with E-state index in [1.807, 2.05) is 44.3 Å². The van der Waals surface area contributed by atoms with Crippen LogP contribution in [0.1, 0.15) is 101 Å². The summed E-state index contributed by atoms with van der Waals surface area (Å²) in [5, 5.41) is 12.2. The Morgan fingerprint density at radius 1 is 0.859 bits per heavy atom. The second-order valence-electron chi connectivity index (χ2n) is 18.5. The Balaban J connectivity index is 1.04. The van der Waals surface area contributed by atoms with E-state index in [2.05, 4.69) is 21.3 Å². The van der Waals surface area contributed by atoms with Crippen molar-refractivity contribution in [3.8, 4) is 17.1 Å². The van der Waals surface area contributed by atoms with Gasteiger partial charge in [0.15, 0.2) is 0 Å². The number of anilines is 1. The lowest BCUT2D eigenvalue weighted by Crippen LogP contribution is -2.53. The first-order chi connectivity index (χ1) is 33.9. The van der Waals surface area contributed by atoms with Gasteiger partial charge in [-0.25, -0.2) is 19.4 Å². The molecule has 0 saturated carbocycles. The number of aryl methyl sites for hydroxylation is 1. The number of carbonyl (C=O) groups is 6. The number of aromatic nitrogens is 2. The van der Waals surface area contributed by atoms with Gasteiger partial charge in [-0.3, -0.25) is 19.2 Å². The molecular formula is C53H60N6O12. The molecule has 4 N–H and O–H groups in total. The van der Waals surface area contributed by atoms with Gasteiger partial charge in [-0.15, -0.1) is 0 Å². The normalized spacial score (nSPS) is 15.5. The van der Waals surface area contributed by atoms with Crippen molar-refractivity contribution in [2.24, 2.45) is 0 Å². The van der Waals surface area contributed by atoms with Crippen molar-refractivity contribution in [2.75, 3.05) is 18.9 Å². The van der Waals surface area contributed by atoms with Gasteiger partial charge in [-0.2, -0.15) is 0 Å². The number of unbranched alkanes of at least 4 members (excludes halogenated alkanes) is 1. The number of carbonyl (C=O) groups excluding carboxylic acids is 6. The lowest BCUT2D eigenvalue weighted by Gasteiger charge is -2.35. The number of hydrogen-bond acceptors (Lipinski definition) is 14. The fourth-order valence-electron chi connectivity index (χ4n) is 8.86. The third-order valence-electron chi connectivity index (χ3n) is 12.3. The first kappa shape index (κ1) is 51.3. The number of ether oxygens (including phenoxy) is 5. The van der Waals surface area contributed by atoms with Crippen molar-refractivity contribution in [3.05, 3.63) is 123 Å². The maximum atomic E-state index is 14.3. The summed E-state index contributed by atoms with van der Waals surface area (Å²) < 4.78 is 29.3. The van der Waals surface area contributed by atoms with E-state index < -0.39 is 58.9 Å². The summed E-state index contributed by atoms with van der Waals surface area (Å²) in [4.78, 5) is 98.2. The lowest BCUT2D eigenvalue weighted by molar-refractivity contribution is -0.175. The number of nitrogens with zero attached hydrogens (tertiary/aromatic N) is 2. The average molecular weight is 973 g/mol. The van der Waals surface area contributed by atoms with E-state index in [1.54, 1.807) is 80.8 Å². The molecule has 0 spiro atoms. The molecule has 3 amide bonds. The molecular weight excluding hydrogens is 913 g/mol. The summed E-state index contributed by atoms with van der Waals surface area (Å²) in [5.74, 6) is -1.91. The van der Waals surface area contributed by atoms with Crippen LogP contribution in [0.25, 0.3) is 22.3 Å². The summed E-state index contributed by atoms with van der Waals surface area (Å²) in [6.07, 6.45) is 0.437. The minimum absolute atomic E-state index is 0.0816. The summed E-state index contributed by atoms with van der Waals surface area (Å²) in [5.41, 5.74) is 2.15. The van der Waals surface area contributed by atoms with Crippen molar-refractivity contribution in [1.29, 1.82) is 0 Å². The van der Waals surface area contributed by atoms with Crippen LogP contribution in [0.2, 0.25) is 0 Å². The number of benzene rings is 3. The lowest BCUT2D eigenvalue weighted by atomic mass is 9.85. The van der Waals surface area contributed by atoms with Gasteiger partial charge in [-0.05, 0) is 120 Å². The molecule has 0 aliphatic carbocycles. The van der Waals surface area contributed by atoms with Gasteiger partial charge in [0.2, 0.25) is 23.3 Å². The van der Waals surface area contributed by atoms with Crippen LogP contribution in [0.15, 0.2) is 83.7 Å². The molecule has 18 nitrogen and oxygen atoms in total. The Bertz CT molecular complexity index is 2890. The zero-order chi connectivity index (χ0) is 51.0. The Morgan fingerprint density at radius 3 is 2.28 bits per heavy atom. The Hall–Kier alpha value is -7.60. The number of cyclic esters (lactones) is 1. The van der Waals surface area contributed by atoms with E-state index in [0.29, 0.717) is 47.4 Å². The van der Waals surface area contributed by atoms with Crippen LogP contribution in [-0.2, 0) is 76.3 Å². The highest BCUT2D eigenvalue weighted by molar-refractivity contribution is 5.98. The molecule has 18 heteroatoms. The average Bonchev–Trinajstić information content (AvgIpc) is 3.70. The molecule has 71 heavy (non-hydrogen) atoms. The maximum absolute atomic E-state index is 14.3. The van der Waals surface area contributed by atoms with E-state index in [9.17, 15) is 33.6 Å². The Kier molecular flexibility index (Phi) is 15.9. The number of nitrogens with one attached hydrogen (secondary N) is 4. The number of pyridine rings is 2. The monoisotopic (exact) mass is 972 g/mol. The minimum Gasteiger partial charge on any atom is -0.457 e. The SMILES string of the molecule is CCc1c2c(nc3ccc(OC(=O)OC(C)(C)C)cc13)-c1cc3c(c(=O)n1C2)COC(=O)[C@@]3(CC)OC(=O)OCc1ccc(NC(=O)C(CCCCNC)NC(=O)C(Cc2ccccc2)NC(C)=O)cc1. The summed E-state index contributed by atoms with van der Waals surface area (Å²) in [6, 6.07) is 20.6. The topological polar surface area (TPSA) is 232 Å². The molecule has 3 atom stereocenters. The molecule has 4 heterocycles. The van der Waals surface area contributed by atoms with Crippen molar-refractivity contribution >= 4 is 52.6 Å². The molecule has 2 aliphatic rings. The second kappa shape index (κ2) is 22.0. The van der Waals surface area contributed by atoms with Crippen LogP contribution in [0.5, 0.6) is 5.75 Å².